The van der Waals surface area contributed by atoms with Crippen LogP contribution >= 0.6 is 7.82 Å². The van der Waals surface area contributed by atoms with E-state index in [-0.39, 0.29) is 12.8 Å². The molecule has 0 aliphatic heterocycles. The third kappa shape index (κ3) is 29.5. The molecular weight excluding hydrogens is 803 g/mol. The van der Waals surface area contributed by atoms with E-state index in [1.54, 1.807) is 0 Å². The zero-order valence-corrected chi connectivity index (χ0v) is 37.9. The molecule has 13 nitrogen and oxygen atoms in total. The van der Waals surface area contributed by atoms with Crippen LogP contribution in [0, 0.1) is 0 Å². The molecule has 6 N–H and O–H groups in total. The molecule has 1 aliphatic rings. The molecule has 0 amide bonds. The fourth-order valence-corrected chi connectivity index (χ4v) is 7.70. The number of hydrogen-bond donors (Lipinski definition) is 6. The van der Waals surface area contributed by atoms with Crippen molar-refractivity contribution < 1.29 is 63.1 Å². The Bertz CT molecular complexity index is 1280. The highest BCUT2D eigenvalue weighted by atomic mass is 31.2. The number of allylic oxidation sites excluding steroid dienone is 9. The molecule has 352 valence electrons. The standard InChI is InChI=1S/C47H81O13P/c1-3-5-7-9-11-13-15-17-19-20-22-24-26-28-30-32-34-36-41(49)59-39(38-58-61(55,56)60-47-45(53)43(51)42(50)44(52)46(47)54)37-57-40(48)35-33-31-29-27-25-23-21-18-16-14-12-10-8-6-4-2/h4,7,9,13,15,19-20,24,26,39,42-47,50-54H,2-3,5-6,8,10-12,14,16-18,21-23,25,27-38H2,1H3,(H,55,56)/b9-7+,15-13+,20-19+,26-24+/t39-,42?,43+,44?,45?,46?,47?/m1/s1. The van der Waals surface area contributed by atoms with Crippen molar-refractivity contribution >= 4 is 19.8 Å². The van der Waals surface area contributed by atoms with Crippen LogP contribution in [0.4, 0.5) is 0 Å². The van der Waals surface area contributed by atoms with Gasteiger partial charge in [0.05, 0.1) is 6.61 Å². The highest BCUT2D eigenvalue weighted by Crippen LogP contribution is 2.47. The molecule has 0 heterocycles. The Kier molecular flexibility index (Phi) is 34.3. The maximum absolute atomic E-state index is 12.8. The van der Waals surface area contributed by atoms with Crippen molar-refractivity contribution in [1.82, 2.24) is 0 Å². The van der Waals surface area contributed by atoms with E-state index in [2.05, 4.69) is 62.1 Å². The second kappa shape index (κ2) is 37.0. The number of carbonyl (C=O) groups excluding carboxylic acids is 2. The summed E-state index contributed by atoms with van der Waals surface area (Å²) in [6, 6.07) is 0. The van der Waals surface area contributed by atoms with E-state index >= 15 is 0 Å². The van der Waals surface area contributed by atoms with Gasteiger partial charge < -0.3 is 39.9 Å². The van der Waals surface area contributed by atoms with Crippen LogP contribution in [0.3, 0.4) is 0 Å². The minimum absolute atomic E-state index is 0.0566. The Balaban J connectivity index is 2.48. The predicted octanol–water partition coefficient (Wildman–Crippen LogP) is 8.94. The summed E-state index contributed by atoms with van der Waals surface area (Å²) in [7, 11) is -5.13. The first-order chi connectivity index (χ1) is 29.4. The summed E-state index contributed by atoms with van der Waals surface area (Å²) in [4.78, 5) is 35.7. The second-order valence-electron chi connectivity index (χ2n) is 16.0. The summed E-state index contributed by atoms with van der Waals surface area (Å²) in [5.74, 6) is -1.14. The summed E-state index contributed by atoms with van der Waals surface area (Å²) >= 11 is 0. The number of aliphatic hydroxyl groups is 5. The quantitative estimate of drug-likeness (QED) is 0.0148. The summed E-state index contributed by atoms with van der Waals surface area (Å²) in [5.41, 5.74) is 0. The molecule has 1 fully saturated rings. The minimum Gasteiger partial charge on any atom is -0.462 e. The van der Waals surface area contributed by atoms with Crippen LogP contribution in [0.5, 0.6) is 0 Å². The zero-order valence-electron chi connectivity index (χ0n) is 37.0. The summed E-state index contributed by atoms with van der Waals surface area (Å²) in [5, 5.41) is 50.1. The monoisotopic (exact) mass is 885 g/mol. The number of ether oxygens (including phenoxy) is 2. The molecular formula is C47H81O13P. The molecule has 1 rings (SSSR count). The highest BCUT2D eigenvalue weighted by molar-refractivity contribution is 7.47. The lowest BCUT2D eigenvalue weighted by molar-refractivity contribution is -0.220. The third-order valence-electron chi connectivity index (χ3n) is 10.5. The molecule has 0 bridgehead atoms. The SMILES string of the molecule is C=CCCCCCCCCCCCCCCCC(=O)OC[C@H](COP(=O)(O)OC1C(O)C(O)C(O)[C@H](O)C1O)OC(=O)CCCCC/C=C/C/C=C/C/C=C/C/C=C/CCC. The number of aliphatic hydroxyl groups excluding tert-OH is 5. The van der Waals surface area contributed by atoms with Crippen molar-refractivity contribution in [3.8, 4) is 0 Å². The Morgan fingerprint density at radius 1 is 0.557 bits per heavy atom. The average molecular weight is 885 g/mol. The normalized spacial score (nSPS) is 22.3. The van der Waals surface area contributed by atoms with Crippen molar-refractivity contribution in [2.45, 2.75) is 210 Å². The van der Waals surface area contributed by atoms with Gasteiger partial charge in [0.2, 0.25) is 0 Å². The number of rotatable bonds is 38. The molecule has 0 spiro atoms. The van der Waals surface area contributed by atoms with Crippen molar-refractivity contribution in [3.05, 3.63) is 61.3 Å². The number of hydrogen-bond acceptors (Lipinski definition) is 12. The number of carbonyl (C=O) groups is 2. The topological polar surface area (TPSA) is 210 Å². The molecule has 0 radical (unpaired) electrons. The maximum atomic E-state index is 12.8. The molecule has 6 unspecified atom stereocenters. The third-order valence-corrected chi connectivity index (χ3v) is 11.4. The van der Waals surface area contributed by atoms with Gasteiger partial charge >= 0.3 is 19.8 Å². The minimum atomic E-state index is -5.13. The number of esters is 2. The Labute approximate surface area is 366 Å². The molecule has 1 saturated carbocycles. The number of phosphoric ester groups is 1. The van der Waals surface area contributed by atoms with Crippen molar-refractivity contribution in [1.29, 1.82) is 0 Å². The lowest BCUT2D eigenvalue weighted by atomic mass is 9.85. The molecule has 61 heavy (non-hydrogen) atoms. The first-order valence-corrected chi connectivity index (χ1v) is 24.5. The molecule has 0 aromatic heterocycles. The van der Waals surface area contributed by atoms with E-state index in [1.165, 1.54) is 64.2 Å². The first-order valence-electron chi connectivity index (χ1n) is 23.1. The lowest BCUT2D eigenvalue weighted by Gasteiger charge is -2.41. The van der Waals surface area contributed by atoms with Gasteiger partial charge in [0.25, 0.3) is 0 Å². The van der Waals surface area contributed by atoms with Crippen molar-refractivity contribution in [2.75, 3.05) is 13.2 Å². The van der Waals surface area contributed by atoms with Crippen molar-refractivity contribution in [3.63, 3.8) is 0 Å². The van der Waals surface area contributed by atoms with Gasteiger partial charge in [-0.25, -0.2) is 4.57 Å². The van der Waals surface area contributed by atoms with Gasteiger partial charge in [-0.1, -0.05) is 145 Å². The van der Waals surface area contributed by atoms with Gasteiger partial charge in [-0.2, -0.15) is 0 Å². The van der Waals surface area contributed by atoms with Crippen LogP contribution in [0.1, 0.15) is 167 Å². The van der Waals surface area contributed by atoms with Crippen LogP contribution in [0.15, 0.2) is 61.3 Å². The largest absolute Gasteiger partial charge is 0.472 e. The van der Waals surface area contributed by atoms with Crippen LogP contribution < -0.4 is 0 Å². The van der Waals surface area contributed by atoms with E-state index in [0.29, 0.717) is 12.8 Å². The maximum Gasteiger partial charge on any atom is 0.472 e. The number of phosphoric acid groups is 1. The van der Waals surface area contributed by atoms with Crippen LogP contribution in [-0.2, 0) is 32.7 Å². The zero-order chi connectivity index (χ0) is 45.0. The average Bonchev–Trinajstić information content (AvgIpc) is 3.24. The van der Waals surface area contributed by atoms with E-state index in [9.17, 15) is 44.6 Å². The van der Waals surface area contributed by atoms with Crippen LogP contribution in [0.2, 0.25) is 0 Å². The molecule has 1 aliphatic carbocycles. The highest BCUT2D eigenvalue weighted by Gasteiger charge is 2.51. The van der Waals surface area contributed by atoms with E-state index < -0.39 is 75.7 Å². The van der Waals surface area contributed by atoms with Crippen LogP contribution in [-0.4, -0.2) is 98.3 Å². The van der Waals surface area contributed by atoms with E-state index in [1.807, 2.05) is 6.08 Å². The van der Waals surface area contributed by atoms with Gasteiger partial charge in [0, 0.05) is 12.8 Å². The predicted molar refractivity (Wildman–Crippen MR) is 239 cm³/mol. The smallest absolute Gasteiger partial charge is 0.462 e. The van der Waals surface area contributed by atoms with Crippen LogP contribution in [0.25, 0.3) is 0 Å². The number of unbranched alkanes of at least 4 members (excludes halogenated alkanes) is 17. The molecule has 0 saturated heterocycles. The van der Waals surface area contributed by atoms with Gasteiger partial charge in [-0.15, -0.1) is 6.58 Å². The van der Waals surface area contributed by atoms with Gasteiger partial charge in [-0.3, -0.25) is 18.6 Å². The molecule has 0 aromatic rings. The molecule has 0 aromatic carbocycles. The molecule has 14 heteroatoms. The van der Waals surface area contributed by atoms with E-state index in [4.69, 9.17) is 18.5 Å². The Hall–Kier alpha value is -2.45. The summed E-state index contributed by atoms with van der Waals surface area (Å²) < 4.78 is 33.5. The first kappa shape index (κ1) is 56.6. The molecule has 8 atom stereocenters. The summed E-state index contributed by atoms with van der Waals surface area (Å²) in [6.45, 7) is 4.73. The van der Waals surface area contributed by atoms with Gasteiger partial charge in [0.1, 0.15) is 43.2 Å². The Morgan fingerprint density at radius 2 is 0.967 bits per heavy atom. The lowest BCUT2D eigenvalue weighted by Crippen LogP contribution is -2.64. The fraction of sp³-hybridized carbons (Fsp3) is 0.745. The fourth-order valence-electron chi connectivity index (χ4n) is 6.73. The van der Waals surface area contributed by atoms with Gasteiger partial charge in [-0.05, 0) is 64.2 Å². The Morgan fingerprint density at radius 3 is 1.48 bits per heavy atom. The summed E-state index contributed by atoms with van der Waals surface area (Å²) in [6.07, 6.45) is 30.2. The van der Waals surface area contributed by atoms with Crippen molar-refractivity contribution in [2.24, 2.45) is 0 Å². The second-order valence-corrected chi connectivity index (χ2v) is 17.4. The van der Waals surface area contributed by atoms with E-state index in [0.717, 1.165) is 70.6 Å². The van der Waals surface area contributed by atoms with Gasteiger partial charge in [0.15, 0.2) is 6.10 Å².